The minimum atomic E-state index is -0.648. The standard InChI is InChI=1S/C18H21F2N3O2/c1-12(24)17-10-15-11-22(7-2-8-23(15)21-17)18(25)6-4-13-3-5-14(19)9-16(13)20/h3,5,9-10,12,24H,2,4,6-8,11H2,1H3/t12-/m1/s1. The maximum Gasteiger partial charge on any atom is 0.223 e. The van der Waals surface area contributed by atoms with Gasteiger partial charge in [0.1, 0.15) is 11.6 Å². The molecule has 1 aliphatic rings. The SMILES string of the molecule is C[C@@H](O)c1cc2n(n1)CCCN(C(=O)CCc1ccc(F)cc1F)C2. The molecule has 0 unspecified atom stereocenters. The molecule has 2 heterocycles. The minimum absolute atomic E-state index is 0.0722. The van der Waals surface area contributed by atoms with Crippen molar-refractivity contribution in [1.29, 1.82) is 0 Å². The van der Waals surface area contributed by atoms with Crippen molar-refractivity contribution in [3.05, 3.63) is 52.9 Å². The third-order valence-corrected chi connectivity index (χ3v) is 4.44. The average Bonchev–Trinajstić information content (AvgIpc) is 2.86. The van der Waals surface area contributed by atoms with Gasteiger partial charge in [-0.05, 0) is 37.5 Å². The highest BCUT2D eigenvalue weighted by Gasteiger charge is 2.21. The van der Waals surface area contributed by atoms with Crippen molar-refractivity contribution >= 4 is 5.91 Å². The van der Waals surface area contributed by atoms with Crippen LogP contribution >= 0.6 is 0 Å². The first-order valence-corrected chi connectivity index (χ1v) is 8.40. The Kier molecular flexibility index (Phi) is 5.13. The van der Waals surface area contributed by atoms with Crippen molar-refractivity contribution < 1.29 is 18.7 Å². The van der Waals surface area contributed by atoms with Gasteiger partial charge in [0.2, 0.25) is 5.91 Å². The highest BCUT2D eigenvalue weighted by Crippen LogP contribution is 2.19. The molecule has 2 aromatic rings. The minimum Gasteiger partial charge on any atom is -0.387 e. The number of aromatic nitrogens is 2. The smallest absolute Gasteiger partial charge is 0.223 e. The van der Waals surface area contributed by atoms with Crippen LogP contribution in [-0.4, -0.2) is 32.2 Å². The number of aryl methyl sites for hydroxylation is 2. The second kappa shape index (κ2) is 7.31. The highest BCUT2D eigenvalue weighted by atomic mass is 19.1. The van der Waals surface area contributed by atoms with Crippen LogP contribution in [0.1, 0.15) is 42.8 Å². The fourth-order valence-corrected chi connectivity index (χ4v) is 3.03. The zero-order chi connectivity index (χ0) is 18.0. The van der Waals surface area contributed by atoms with Gasteiger partial charge in [-0.1, -0.05) is 6.07 Å². The Hall–Kier alpha value is -2.28. The van der Waals surface area contributed by atoms with E-state index in [-0.39, 0.29) is 18.7 Å². The van der Waals surface area contributed by atoms with E-state index in [2.05, 4.69) is 5.10 Å². The van der Waals surface area contributed by atoms with Gasteiger partial charge in [0.25, 0.3) is 0 Å². The van der Waals surface area contributed by atoms with Crippen LogP contribution in [0.3, 0.4) is 0 Å². The van der Waals surface area contributed by atoms with Crippen LogP contribution in [0.2, 0.25) is 0 Å². The van der Waals surface area contributed by atoms with E-state index in [1.54, 1.807) is 11.8 Å². The van der Waals surface area contributed by atoms with Crippen molar-refractivity contribution in [2.45, 2.75) is 45.4 Å². The zero-order valence-electron chi connectivity index (χ0n) is 14.1. The van der Waals surface area contributed by atoms with E-state index in [1.165, 1.54) is 12.1 Å². The summed E-state index contributed by atoms with van der Waals surface area (Å²) in [6.07, 6.45) is 0.523. The Morgan fingerprint density at radius 1 is 1.32 bits per heavy atom. The summed E-state index contributed by atoms with van der Waals surface area (Å²) in [6, 6.07) is 5.23. The number of hydrogen-bond acceptors (Lipinski definition) is 3. The van der Waals surface area contributed by atoms with Crippen LogP contribution < -0.4 is 0 Å². The Labute approximate surface area is 144 Å². The van der Waals surface area contributed by atoms with Crippen molar-refractivity contribution in [2.75, 3.05) is 6.54 Å². The van der Waals surface area contributed by atoms with E-state index in [0.29, 0.717) is 30.9 Å². The van der Waals surface area contributed by atoms with Crippen LogP contribution in [0.25, 0.3) is 0 Å². The second-order valence-electron chi connectivity index (χ2n) is 6.36. The summed E-state index contributed by atoms with van der Waals surface area (Å²) >= 11 is 0. The van der Waals surface area contributed by atoms with Gasteiger partial charge in [-0.25, -0.2) is 8.78 Å². The topological polar surface area (TPSA) is 58.4 Å². The van der Waals surface area contributed by atoms with Crippen LogP contribution in [0.15, 0.2) is 24.3 Å². The number of hydrogen-bond donors (Lipinski definition) is 1. The van der Waals surface area contributed by atoms with Crippen LogP contribution in [0.5, 0.6) is 0 Å². The molecular weight excluding hydrogens is 328 g/mol. The quantitative estimate of drug-likeness (QED) is 0.923. The van der Waals surface area contributed by atoms with E-state index in [0.717, 1.165) is 18.2 Å². The molecule has 0 spiro atoms. The van der Waals surface area contributed by atoms with Crippen molar-refractivity contribution in [3.8, 4) is 0 Å². The molecule has 1 amide bonds. The number of benzene rings is 1. The maximum absolute atomic E-state index is 13.7. The fourth-order valence-electron chi connectivity index (χ4n) is 3.03. The number of nitrogens with zero attached hydrogens (tertiary/aromatic N) is 3. The number of fused-ring (bicyclic) bond motifs is 1. The molecule has 1 atom stereocenters. The summed E-state index contributed by atoms with van der Waals surface area (Å²) in [4.78, 5) is 14.2. The Morgan fingerprint density at radius 2 is 2.12 bits per heavy atom. The third-order valence-electron chi connectivity index (χ3n) is 4.44. The fraction of sp³-hybridized carbons (Fsp3) is 0.444. The van der Waals surface area contributed by atoms with Crippen molar-refractivity contribution in [1.82, 2.24) is 14.7 Å². The molecule has 0 aliphatic carbocycles. The van der Waals surface area contributed by atoms with E-state index in [1.807, 2.05) is 10.7 Å². The Bertz CT molecular complexity index is 774. The Balaban J connectivity index is 1.65. The molecule has 5 nitrogen and oxygen atoms in total. The number of aliphatic hydroxyl groups excluding tert-OH is 1. The van der Waals surface area contributed by atoms with E-state index in [4.69, 9.17) is 0 Å². The number of aliphatic hydroxyl groups is 1. The van der Waals surface area contributed by atoms with Gasteiger partial charge in [0, 0.05) is 25.6 Å². The summed E-state index contributed by atoms with van der Waals surface area (Å²) in [5.74, 6) is -1.32. The molecule has 134 valence electrons. The molecule has 25 heavy (non-hydrogen) atoms. The second-order valence-corrected chi connectivity index (χ2v) is 6.36. The maximum atomic E-state index is 13.7. The zero-order valence-corrected chi connectivity index (χ0v) is 14.1. The molecule has 0 radical (unpaired) electrons. The van der Waals surface area contributed by atoms with Gasteiger partial charge in [0.15, 0.2) is 0 Å². The molecule has 0 fully saturated rings. The number of carbonyl (C=O) groups excluding carboxylic acids is 1. The lowest BCUT2D eigenvalue weighted by Crippen LogP contribution is -2.30. The van der Waals surface area contributed by atoms with E-state index in [9.17, 15) is 18.7 Å². The lowest BCUT2D eigenvalue weighted by molar-refractivity contribution is -0.131. The normalized spacial score (nSPS) is 15.6. The molecule has 0 saturated heterocycles. The monoisotopic (exact) mass is 349 g/mol. The largest absolute Gasteiger partial charge is 0.387 e. The summed E-state index contributed by atoms with van der Waals surface area (Å²) in [5.41, 5.74) is 1.82. The number of carbonyl (C=O) groups is 1. The van der Waals surface area contributed by atoms with Crippen LogP contribution in [-0.2, 0) is 24.3 Å². The molecule has 7 heteroatoms. The molecule has 0 saturated carbocycles. The molecule has 3 rings (SSSR count). The van der Waals surface area contributed by atoms with Crippen molar-refractivity contribution in [3.63, 3.8) is 0 Å². The predicted octanol–water partition coefficient (Wildman–Crippen LogP) is 2.58. The number of amides is 1. The highest BCUT2D eigenvalue weighted by molar-refractivity contribution is 5.76. The van der Waals surface area contributed by atoms with Gasteiger partial charge in [-0.2, -0.15) is 5.10 Å². The summed E-state index contributed by atoms with van der Waals surface area (Å²) in [6.45, 7) is 3.38. The first-order valence-electron chi connectivity index (χ1n) is 8.40. The van der Waals surface area contributed by atoms with Gasteiger partial charge >= 0.3 is 0 Å². The molecule has 1 aliphatic heterocycles. The first kappa shape index (κ1) is 17.5. The van der Waals surface area contributed by atoms with Crippen molar-refractivity contribution in [2.24, 2.45) is 0 Å². The van der Waals surface area contributed by atoms with Gasteiger partial charge < -0.3 is 10.0 Å². The predicted molar refractivity (Wildman–Crippen MR) is 87.6 cm³/mol. The molecule has 1 aromatic carbocycles. The number of rotatable bonds is 4. The summed E-state index contributed by atoms with van der Waals surface area (Å²) in [7, 11) is 0. The van der Waals surface area contributed by atoms with E-state index < -0.39 is 17.7 Å². The average molecular weight is 349 g/mol. The number of halogens is 2. The summed E-state index contributed by atoms with van der Waals surface area (Å²) < 4.78 is 28.5. The van der Waals surface area contributed by atoms with E-state index >= 15 is 0 Å². The van der Waals surface area contributed by atoms with Gasteiger partial charge in [0.05, 0.1) is 24.0 Å². The molecule has 1 aromatic heterocycles. The van der Waals surface area contributed by atoms with Gasteiger partial charge in [-0.3, -0.25) is 9.48 Å². The van der Waals surface area contributed by atoms with Gasteiger partial charge in [-0.15, -0.1) is 0 Å². The molecule has 1 N–H and O–H groups in total. The summed E-state index contributed by atoms with van der Waals surface area (Å²) in [5, 5.41) is 14.0. The lowest BCUT2D eigenvalue weighted by atomic mass is 10.1. The third kappa shape index (κ3) is 4.04. The molecule has 0 bridgehead atoms. The van der Waals surface area contributed by atoms with Crippen LogP contribution in [0, 0.1) is 11.6 Å². The lowest BCUT2D eigenvalue weighted by Gasteiger charge is -2.20. The Morgan fingerprint density at radius 3 is 2.84 bits per heavy atom. The van der Waals surface area contributed by atoms with Crippen LogP contribution in [0.4, 0.5) is 8.78 Å². The molecular formula is C18H21F2N3O2. The first-order chi connectivity index (χ1) is 11.9.